The minimum atomic E-state index is -3.69. The third-order valence-corrected chi connectivity index (χ3v) is 5.84. The van der Waals surface area contributed by atoms with Gasteiger partial charge in [0.2, 0.25) is 10.0 Å². The van der Waals surface area contributed by atoms with Crippen molar-refractivity contribution in [1.82, 2.24) is 9.62 Å². The minimum absolute atomic E-state index is 0.0904. The van der Waals surface area contributed by atoms with Crippen molar-refractivity contribution in [3.63, 3.8) is 0 Å². The molecular weight excluding hydrogens is 367 g/mol. The predicted molar refractivity (Wildman–Crippen MR) is 94.3 cm³/mol. The molecule has 1 saturated heterocycles. The lowest BCUT2D eigenvalue weighted by Gasteiger charge is -2.26. The molecule has 0 bridgehead atoms. The number of nitrogens with zero attached hydrogens (tertiary/aromatic N) is 1. The SMILES string of the molecule is O=S(=O)(Cc1ccc(Cl)cc1F)NCC(c1ccco1)N1CCCC1. The van der Waals surface area contributed by atoms with Gasteiger partial charge in [0, 0.05) is 17.1 Å². The van der Waals surface area contributed by atoms with Gasteiger partial charge in [0.05, 0.1) is 18.1 Å². The summed E-state index contributed by atoms with van der Waals surface area (Å²) in [5, 5.41) is 0.235. The smallest absolute Gasteiger partial charge is 0.215 e. The van der Waals surface area contributed by atoms with Crippen LogP contribution in [0.1, 0.15) is 30.2 Å². The Balaban J connectivity index is 1.68. The van der Waals surface area contributed by atoms with Gasteiger partial charge in [-0.1, -0.05) is 17.7 Å². The summed E-state index contributed by atoms with van der Waals surface area (Å²) in [4.78, 5) is 2.20. The van der Waals surface area contributed by atoms with Crippen LogP contribution < -0.4 is 4.72 Å². The molecule has 2 heterocycles. The maximum Gasteiger partial charge on any atom is 0.215 e. The predicted octanol–water partition coefficient (Wildman–Crippen LogP) is 3.33. The van der Waals surface area contributed by atoms with E-state index in [9.17, 15) is 12.8 Å². The van der Waals surface area contributed by atoms with E-state index in [0.717, 1.165) is 37.8 Å². The lowest BCUT2D eigenvalue weighted by atomic mass is 10.2. The van der Waals surface area contributed by atoms with Crippen molar-refractivity contribution in [2.45, 2.75) is 24.6 Å². The molecule has 2 aromatic rings. The van der Waals surface area contributed by atoms with E-state index < -0.39 is 21.6 Å². The summed E-state index contributed by atoms with van der Waals surface area (Å²) in [6.07, 6.45) is 3.75. The van der Waals surface area contributed by atoms with E-state index >= 15 is 0 Å². The van der Waals surface area contributed by atoms with Crippen molar-refractivity contribution in [2.75, 3.05) is 19.6 Å². The van der Waals surface area contributed by atoms with E-state index in [-0.39, 0.29) is 23.2 Å². The molecule has 5 nitrogen and oxygen atoms in total. The summed E-state index contributed by atoms with van der Waals surface area (Å²) >= 11 is 5.70. The van der Waals surface area contributed by atoms with Gasteiger partial charge < -0.3 is 4.42 Å². The molecular formula is C17H20ClFN2O3S. The van der Waals surface area contributed by atoms with Crippen LogP contribution in [0.15, 0.2) is 41.0 Å². The topological polar surface area (TPSA) is 62.6 Å². The van der Waals surface area contributed by atoms with Crippen molar-refractivity contribution in [1.29, 1.82) is 0 Å². The fraction of sp³-hybridized carbons (Fsp3) is 0.412. The standard InChI is InChI=1S/C17H20ClFN2O3S/c18-14-6-5-13(15(19)10-14)12-25(22,23)20-11-16(17-4-3-9-24-17)21-7-1-2-8-21/h3-6,9-10,16,20H,1-2,7-8,11-12H2. The van der Waals surface area contributed by atoms with E-state index in [0.29, 0.717) is 0 Å². The molecule has 1 aliphatic heterocycles. The zero-order valence-corrected chi connectivity index (χ0v) is 15.2. The van der Waals surface area contributed by atoms with Crippen molar-refractivity contribution in [2.24, 2.45) is 0 Å². The van der Waals surface area contributed by atoms with E-state index in [2.05, 4.69) is 9.62 Å². The summed E-state index contributed by atoms with van der Waals surface area (Å²) in [5.41, 5.74) is 0.0904. The Hall–Kier alpha value is -1.41. The average Bonchev–Trinajstić information content (AvgIpc) is 3.24. The van der Waals surface area contributed by atoms with Crippen molar-refractivity contribution in [3.05, 3.63) is 58.8 Å². The molecule has 1 N–H and O–H groups in total. The van der Waals surface area contributed by atoms with Crippen LogP contribution in [0, 0.1) is 5.82 Å². The number of nitrogens with one attached hydrogen (secondary N) is 1. The van der Waals surface area contributed by atoms with Gasteiger partial charge in [0.1, 0.15) is 11.6 Å². The van der Waals surface area contributed by atoms with Crippen molar-refractivity contribution in [3.8, 4) is 0 Å². The Morgan fingerprint density at radius 1 is 1.28 bits per heavy atom. The first kappa shape index (κ1) is 18.4. The van der Waals surface area contributed by atoms with Crippen LogP contribution >= 0.6 is 11.6 Å². The van der Waals surface area contributed by atoms with Crippen LogP contribution in [0.4, 0.5) is 4.39 Å². The summed E-state index contributed by atoms with van der Waals surface area (Å²) in [7, 11) is -3.69. The number of hydrogen-bond acceptors (Lipinski definition) is 4. The highest BCUT2D eigenvalue weighted by Gasteiger charge is 2.27. The number of furan rings is 1. The Labute approximate surface area is 151 Å². The van der Waals surface area contributed by atoms with Crippen LogP contribution in [-0.2, 0) is 15.8 Å². The molecule has 0 spiro atoms. The molecule has 0 saturated carbocycles. The number of sulfonamides is 1. The van der Waals surface area contributed by atoms with E-state index in [1.165, 1.54) is 12.1 Å². The van der Waals surface area contributed by atoms with Gasteiger partial charge in [-0.2, -0.15) is 0 Å². The highest BCUT2D eigenvalue weighted by molar-refractivity contribution is 7.88. The minimum Gasteiger partial charge on any atom is -0.468 e. The van der Waals surface area contributed by atoms with Gasteiger partial charge in [-0.3, -0.25) is 4.90 Å². The Morgan fingerprint density at radius 3 is 2.68 bits per heavy atom. The quantitative estimate of drug-likeness (QED) is 0.792. The second-order valence-corrected chi connectivity index (χ2v) is 8.36. The molecule has 8 heteroatoms. The van der Waals surface area contributed by atoms with Gasteiger partial charge in [-0.15, -0.1) is 0 Å². The van der Waals surface area contributed by atoms with Crippen LogP contribution in [0.25, 0.3) is 0 Å². The first-order valence-corrected chi connectivity index (χ1v) is 10.2. The first-order chi connectivity index (χ1) is 11.9. The third-order valence-electron chi connectivity index (χ3n) is 4.31. The lowest BCUT2D eigenvalue weighted by molar-refractivity contribution is 0.216. The molecule has 3 rings (SSSR count). The molecule has 1 atom stereocenters. The lowest BCUT2D eigenvalue weighted by Crippen LogP contribution is -2.37. The maximum absolute atomic E-state index is 13.8. The zero-order valence-electron chi connectivity index (χ0n) is 13.6. The highest BCUT2D eigenvalue weighted by Crippen LogP contribution is 2.25. The summed E-state index contributed by atoms with van der Waals surface area (Å²) in [6, 6.07) is 7.45. The van der Waals surface area contributed by atoms with Gasteiger partial charge in [-0.25, -0.2) is 17.5 Å². The monoisotopic (exact) mass is 386 g/mol. The van der Waals surface area contributed by atoms with Crippen LogP contribution in [0.2, 0.25) is 5.02 Å². The fourth-order valence-electron chi connectivity index (χ4n) is 3.04. The third kappa shape index (κ3) is 4.82. The van der Waals surface area contributed by atoms with E-state index in [1.54, 1.807) is 12.3 Å². The fourth-order valence-corrected chi connectivity index (χ4v) is 4.36. The van der Waals surface area contributed by atoms with E-state index in [1.807, 2.05) is 6.07 Å². The molecule has 1 fully saturated rings. The van der Waals surface area contributed by atoms with Crippen LogP contribution in [0.5, 0.6) is 0 Å². The molecule has 0 aliphatic carbocycles. The molecule has 25 heavy (non-hydrogen) atoms. The normalized spacial score (nSPS) is 17.0. The molecule has 1 aromatic heterocycles. The molecule has 0 radical (unpaired) electrons. The largest absolute Gasteiger partial charge is 0.468 e. The Bertz CT molecular complexity index is 805. The number of halogens is 2. The van der Waals surface area contributed by atoms with Gasteiger partial charge >= 0.3 is 0 Å². The number of hydrogen-bond donors (Lipinski definition) is 1. The Kier molecular flexibility index (Phi) is 5.78. The maximum atomic E-state index is 13.8. The molecule has 1 unspecified atom stereocenters. The number of benzene rings is 1. The second kappa shape index (κ2) is 7.86. The number of rotatable bonds is 7. The number of likely N-dealkylation sites (tertiary alicyclic amines) is 1. The molecule has 136 valence electrons. The van der Waals surface area contributed by atoms with Gasteiger partial charge in [0.25, 0.3) is 0 Å². The second-order valence-electron chi connectivity index (χ2n) is 6.12. The van der Waals surface area contributed by atoms with Crippen molar-refractivity contribution < 1.29 is 17.2 Å². The molecule has 1 aromatic carbocycles. The van der Waals surface area contributed by atoms with Crippen LogP contribution in [0.3, 0.4) is 0 Å². The summed E-state index contributed by atoms with van der Waals surface area (Å²) in [6.45, 7) is 1.99. The zero-order chi connectivity index (χ0) is 17.9. The van der Waals surface area contributed by atoms with Crippen LogP contribution in [-0.4, -0.2) is 33.0 Å². The molecule has 1 aliphatic rings. The first-order valence-electron chi connectivity index (χ1n) is 8.13. The average molecular weight is 387 g/mol. The Morgan fingerprint density at radius 2 is 2.04 bits per heavy atom. The van der Waals surface area contributed by atoms with Crippen molar-refractivity contribution >= 4 is 21.6 Å². The molecule has 0 amide bonds. The summed E-state index contributed by atoms with van der Waals surface area (Å²) < 4.78 is 46.6. The van der Waals surface area contributed by atoms with E-state index in [4.69, 9.17) is 16.0 Å². The highest BCUT2D eigenvalue weighted by atomic mass is 35.5. The van der Waals surface area contributed by atoms with Gasteiger partial charge in [-0.05, 0) is 50.2 Å². The summed E-state index contributed by atoms with van der Waals surface area (Å²) in [5.74, 6) is -0.330. The van der Waals surface area contributed by atoms with Gasteiger partial charge in [0.15, 0.2) is 0 Å².